The van der Waals surface area contributed by atoms with Crippen molar-refractivity contribution in [2.24, 2.45) is 5.41 Å². The van der Waals surface area contributed by atoms with E-state index in [0.717, 1.165) is 11.8 Å². The lowest BCUT2D eigenvalue weighted by molar-refractivity contribution is -0.144. The predicted octanol–water partition coefficient (Wildman–Crippen LogP) is 1.20. The number of hydrogen-bond donors (Lipinski definition) is 2. The van der Waals surface area contributed by atoms with Crippen LogP contribution in [0.3, 0.4) is 0 Å². The van der Waals surface area contributed by atoms with Crippen molar-refractivity contribution in [1.29, 1.82) is 0 Å². The molecule has 1 unspecified atom stereocenters. The number of ether oxygens (including phenoxy) is 2. The summed E-state index contributed by atoms with van der Waals surface area (Å²) in [6, 6.07) is 0. The molecule has 1 saturated heterocycles. The van der Waals surface area contributed by atoms with E-state index in [4.69, 9.17) is 18.3 Å². The van der Waals surface area contributed by atoms with Gasteiger partial charge >= 0.3 is 19.9 Å². The largest absolute Gasteiger partial charge is 0.478 e. The molecule has 0 spiro atoms. The summed E-state index contributed by atoms with van der Waals surface area (Å²) in [4.78, 5) is 45.9. The quantitative estimate of drug-likeness (QED) is 0.205. The van der Waals surface area contributed by atoms with E-state index in [1.165, 1.54) is 14.0 Å². The Hall–Kier alpha value is -1.66. The van der Waals surface area contributed by atoms with Crippen LogP contribution < -0.4 is 10.6 Å². The summed E-state index contributed by atoms with van der Waals surface area (Å²) < 4.78 is 37.2. The molecule has 0 radical (unpaired) electrons. The van der Waals surface area contributed by atoms with Gasteiger partial charge in [-0.15, -0.1) is 0 Å². The van der Waals surface area contributed by atoms with Crippen molar-refractivity contribution in [2.45, 2.75) is 33.3 Å². The van der Waals surface area contributed by atoms with Gasteiger partial charge in [0, 0.05) is 31.2 Å². The van der Waals surface area contributed by atoms with Gasteiger partial charge in [0.05, 0.1) is 20.1 Å². The van der Waals surface area contributed by atoms with Crippen LogP contribution in [-0.4, -0.2) is 68.5 Å². The molecule has 2 atom stereocenters. The zero-order valence-electron chi connectivity index (χ0n) is 17.3. The second-order valence-electron chi connectivity index (χ2n) is 6.76. The Bertz CT molecular complexity index is 687. The number of phosphoric ester groups is 1. The highest BCUT2D eigenvalue weighted by molar-refractivity contribution is 8.13. The third-order valence-electron chi connectivity index (χ3n) is 3.71. The molecule has 0 aromatic carbocycles. The van der Waals surface area contributed by atoms with Gasteiger partial charge in [-0.05, 0) is 0 Å². The van der Waals surface area contributed by atoms with Crippen LogP contribution in [0.25, 0.3) is 0 Å². The van der Waals surface area contributed by atoms with Gasteiger partial charge in [-0.1, -0.05) is 25.6 Å². The fourth-order valence-corrected chi connectivity index (χ4v) is 4.12. The number of esters is 1. The molecule has 0 saturated carbocycles. The summed E-state index contributed by atoms with van der Waals surface area (Å²) in [6.07, 6.45) is -2.07. The first-order chi connectivity index (χ1) is 14.0. The Balaban J connectivity index is 2.48. The minimum atomic E-state index is -4.17. The maximum absolute atomic E-state index is 12.6. The van der Waals surface area contributed by atoms with E-state index < -0.39 is 44.1 Å². The summed E-state index contributed by atoms with van der Waals surface area (Å²) >= 11 is 1.04. The number of carbonyl (C=O) groups excluding carboxylic acids is 4. The number of hydrogen-bond acceptors (Lipinski definition) is 11. The molecular weight excluding hydrogens is 443 g/mol. The SMILES string of the molecule is COC(=O)CCNC(=O)[C@@H]1OP(=O)(OCOC(=O)NCCSC(C)=O)OCC1(C)C. The first-order valence-electron chi connectivity index (χ1n) is 8.95. The molecule has 2 amide bonds. The first kappa shape index (κ1) is 26.4. The number of rotatable bonds is 10. The summed E-state index contributed by atoms with van der Waals surface area (Å²) in [6.45, 7) is 4.10. The van der Waals surface area contributed by atoms with Crippen molar-refractivity contribution in [2.75, 3.05) is 39.4 Å². The van der Waals surface area contributed by atoms with Crippen LogP contribution in [0.4, 0.5) is 4.79 Å². The van der Waals surface area contributed by atoms with Crippen molar-refractivity contribution in [3.8, 4) is 0 Å². The number of nitrogens with one attached hydrogen (secondary N) is 2. The second kappa shape index (κ2) is 12.3. The van der Waals surface area contributed by atoms with Gasteiger partial charge in [-0.3, -0.25) is 23.4 Å². The fraction of sp³-hybridized carbons (Fsp3) is 0.750. The normalized spacial score (nSPS) is 22.6. The van der Waals surface area contributed by atoms with E-state index in [2.05, 4.69) is 15.4 Å². The van der Waals surface area contributed by atoms with Crippen molar-refractivity contribution in [3.05, 3.63) is 0 Å². The number of amides is 2. The molecule has 14 heteroatoms. The Morgan fingerprint density at radius 1 is 1.20 bits per heavy atom. The zero-order chi connectivity index (χ0) is 22.8. The number of carbonyl (C=O) groups is 4. The van der Waals surface area contributed by atoms with Gasteiger partial charge in [-0.25, -0.2) is 13.9 Å². The highest BCUT2D eigenvalue weighted by Crippen LogP contribution is 2.57. The van der Waals surface area contributed by atoms with Gasteiger partial charge in [0.1, 0.15) is 0 Å². The average Bonchev–Trinajstić information content (AvgIpc) is 2.67. The van der Waals surface area contributed by atoms with Crippen LogP contribution >= 0.6 is 19.6 Å². The topological polar surface area (TPSA) is 156 Å². The summed E-state index contributed by atoms with van der Waals surface area (Å²) in [7, 11) is -2.94. The number of alkyl carbamates (subject to hydrolysis) is 1. The molecule has 0 aromatic heterocycles. The molecule has 1 aliphatic heterocycles. The van der Waals surface area contributed by atoms with Crippen LogP contribution in [0.1, 0.15) is 27.2 Å². The maximum atomic E-state index is 12.6. The van der Waals surface area contributed by atoms with Crippen molar-refractivity contribution >= 4 is 42.7 Å². The van der Waals surface area contributed by atoms with Crippen molar-refractivity contribution in [3.63, 3.8) is 0 Å². The number of thioether (sulfide) groups is 1. The minimum Gasteiger partial charge on any atom is -0.469 e. The Morgan fingerprint density at radius 3 is 2.53 bits per heavy atom. The number of phosphoric acid groups is 1. The lowest BCUT2D eigenvalue weighted by Crippen LogP contribution is -2.50. The molecule has 1 heterocycles. The van der Waals surface area contributed by atoms with Crippen LogP contribution in [0.2, 0.25) is 0 Å². The highest BCUT2D eigenvalue weighted by Gasteiger charge is 2.49. The van der Waals surface area contributed by atoms with E-state index in [9.17, 15) is 23.7 Å². The Labute approximate surface area is 178 Å². The highest BCUT2D eigenvalue weighted by atomic mass is 32.2. The van der Waals surface area contributed by atoms with E-state index in [1.807, 2.05) is 0 Å². The molecular formula is C16H27N2O10PS. The molecule has 0 aliphatic carbocycles. The summed E-state index contributed by atoms with van der Waals surface area (Å²) in [5, 5.41) is 4.80. The molecule has 30 heavy (non-hydrogen) atoms. The van der Waals surface area contributed by atoms with E-state index >= 15 is 0 Å². The smallest absolute Gasteiger partial charge is 0.469 e. The van der Waals surface area contributed by atoms with Gasteiger partial charge in [-0.2, -0.15) is 0 Å². The van der Waals surface area contributed by atoms with E-state index in [-0.39, 0.29) is 31.2 Å². The van der Waals surface area contributed by atoms with Crippen LogP contribution in [0.15, 0.2) is 0 Å². The molecule has 1 rings (SSSR count). The average molecular weight is 470 g/mol. The van der Waals surface area contributed by atoms with Gasteiger partial charge < -0.3 is 20.1 Å². The standard InChI is InChI=1S/C16H27N2O10PS/c1-11(19)30-8-7-18-15(22)25-10-27-29(23)26-9-16(2,3)13(28-29)14(21)17-6-5-12(20)24-4/h13H,5-10H2,1-4H3,(H,17,21)(H,18,22)/t13-,29?/m0/s1. The van der Waals surface area contributed by atoms with Crippen molar-refractivity contribution < 1.29 is 46.8 Å². The van der Waals surface area contributed by atoms with E-state index in [0.29, 0.717) is 5.75 Å². The summed E-state index contributed by atoms with van der Waals surface area (Å²) in [5.41, 5.74) is -0.834. The van der Waals surface area contributed by atoms with Crippen LogP contribution in [0.5, 0.6) is 0 Å². The monoisotopic (exact) mass is 470 g/mol. The Morgan fingerprint density at radius 2 is 1.90 bits per heavy atom. The molecule has 0 aromatic rings. The second-order valence-corrected chi connectivity index (χ2v) is 9.65. The van der Waals surface area contributed by atoms with Gasteiger partial charge in [0.15, 0.2) is 11.2 Å². The summed E-state index contributed by atoms with van der Waals surface area (Å²) in [5.74, 6) is -0.720. The minimum absolute atomic E-state index is 0.0126. The third kappa shape index (κ3) is 9.43. The third-order valence-corrected chi connectivity index (χ3v) is 5.86. The van der Waals surface area contributed by atoms with Crippen LogP contribution in [0, 0.1) is 5.41 Å². The molecule has 0 bridgehead atoms. The van der Waals surface area contributed by atoms with Gasteiger partial charge in [0.2, 0.25) is 12.7 Å². The van der Waals surface area contributed by atoms with Gasteiger partial charge in [0.25, 0.3) is 0 Å². The van der Waals surface area contributed by atoms with Crippen molar-refractivity contribution in [1.82, 2.24) is 10.6 Å². The van der Waals surface area contributed by atoms with Crippen LogP contribution in [-0.2, 0) is 42.0 Å². The lowest BCUT2D eigenvalue weighted by atomic mass is 9.87. The fourth-order valence-electron chi connectivity index (χ4n) is 2.12. The molecule has 12 nitrogen and oxygen atoms in total. The molecule has 2 N–H and O–H groups in total. The number of methoxy groups -OCH3 is 1. The van der Waals surface area contributed by atoms with E-state index in [1.54, 1.807) is 13.8 Å². The maximum Gasteiger partial charge on any atom is 0.478 e. The molecule has 172 valence electrons. The lowest BCUT2D eigenvalue weighted by Gasteiger charge is -2.39. The first-order valence-corrected chi connectivity index (χ1v) is 11.4. The molecule has 1 fully saturated rings. The molecule has 1 aliphatic rings. The predicted molar refractivity (Wildman–Crippen MR) is 105 cm³/mol. The Kier molecular flexibility index (Phi) is 10.8. The zero-order valence-corrected chi connectivity index (χ0v) is 19.0.